The van der Waals surface area contributed by atoms with Crippen LogP contribution in [-0.4, -0.2) is 59.6 Å². The number of piperazine rings is 1. The van der Waals surface area contributed by atoms with Gasteiger partial charge in [0.1, 0.15) is 0 Å². The van der Waals surface area contributed by atoms with Crippen LogP contribution in [0, 0.1) is 6.92 Å². The largest absolute Gasteiger partial charge is 0.465 e. The number of fused-ring (bicyclic) bond motifs is 1. The quantitative estimate of drug-likeness (QED) is 0.208. The minimum Gasteiger partial charge on any atom is -0.465 e. The van der Waals surface area contributed by atoms with Gasteiger partial charge in [0.25, 0.3) is 0 Å². The number of pyridine rings is 1. The molecule has 204 valence electrons. The second kappa shape index (κ2) is 12.6. The van der Waals surface area contributed by atoms with E-state index in [4.69, 9.17) is 5.11 Å². The lowest BCUT2D eigenvalue weighted by molar-refractivity contribution is -0.137. The number of benzene rings is 2. The fourth-order valence-electron chi connectivity index (χ4n) is 4.68. The summed E-state index contributed by atoms with van der Waals surface area (Å²) in [6, 6.07) is 12.5. The number of anilines is 2. The molecule has 0 spiro atoms. The van der Waals surface area contributed by atoms with Crippen LogP contribution >= 0.6 is 11.8 Å². The Balaban J connectivity index is 1.14. The molecule has 0 unspecified atom stereocenters. The summed E-state index contributed by atoms with van der Waals surface area (Å²) in [6.07, 6.45) is 0.649. The first-order valence-corrected chi connectivity index (χ1v) is 13.9. The number of thioether (sulfide) groups is 1. The van der Waals surface area contributed by atoms with Gasteiger partial charge >= 0.3 is 12.3 Å². The van der Waals surface area contributed by atoms with E-state index in [1.807, 2.05) is 6.07 Å². The summed E-state index contributed by atoms with van der Waals surface area (Å²) >= 11 is 1.68. The van der Waals surface area contributed by atoms with Gasteiger partial charge in [-0.15, -0.1) is 11.8 Å². The van der Waals surface area contributed by atoms with Gasteiger partial charge in [0.15, 0.2) is 0 Å². The number of hydrogen-bond donors (Lipinski definition) is 2. The molecule has 3 aromatic rings. The van der Waals surface area contributed by atoms with Crippen molar-refractivity contribution in [3.05, 3.63) is 59.8 Å². The number of hydrogen-bond acceptors (Lipinski definition) is 5. The molecule has 6 nitrogen and oxygen atoms in total. The maximum atomic E-state index is 13.1. The van der Waals surface area contributed by atoms with Crippen LogP contribution < -0.4 is 10.2 Å². The molecule has 0 bridgehead atoms. The van der Waals surface area contributed by atoms with Gasteiger partial charge in [-0.05, 0) is 73.5 Å². The maximum absolute atomic E-state index is 13.1. The zero-order valence-electron chi connectivity index (χ0n) is 21.4. The van der Waals surface area contributed by atoms with Gasteiger partial charge in [0, 0.05) is 60.6 Å². The van der Waals surface area contributed by atoms with Crippen molar-refractivity contribution in [3.63, 3.8) is 0 Å². The third kappa shape index (κ3) is 7.24. The van der Waals surface area contributed by atoms with Crippen molar-refractivity contribution in [3.8, 4) is 0 Å². The number of aryl methyl sites for hydroxylation is 1. The molecule has 1 fully saturated rings. The Labute approximate surface area is 225 Å². The molecular weight excluding hydrogens is 513 g/mol. The molecule has 0 radical (unpaired) electrons. The lowest BCUT2D eigenvalue weighted by Gasteiger charge is -2.34. The van der Waals surface area contributed by atoms with Gasteiger partial charge < -0.3 is 20.2 Å². The maximum Gasteiger partial charge on any atom is 0.416 e. The summed E-state index contributed by atoms with van der Waals surface area (Å²) in [6.45, 7) is 5.05. The standard InChI is InChI=1S/C28H33F3N4O2S/c1-20-18-21(28(29,30)31)19-24-26(20)25(10-12-33-24)38-17-5-3-2-4-11-32-22-6-8-23(9-7-22)34-13-15-35(16-14-34)27(36)37/h6-10,12,18-19,32H,2-5,11,13-17H2,1H3,(H,36,37). The van der Waals surface area contributed by atoms with Crippen molar-refractivity contribution in [2.75, 3.05) is 48.7 Å². The predicted octanol–water partition coefficient (Wildman–Crippen LogP) is 7.13. The minimum absolute atomic E-state index is 0.391. The molecule has 2 aromatic carbocycles. The number of halogens is 3. The van der Waals surface area contributed by atoms with Crippen LogP contribution in [0.2, 0.25) is 0 Å². The zero-order chi connectivity index (χ0) is 27.1. The average Bonchev–Trinajstić information content (AvgIpc) is 2.90. The number of amides is 1. The summed E-state index contributed by atoms with van der Waals surface area (Å²) in [5, 5.41) is 13.3. The molecule has 1 aliphatic heterocycles. The van der Waals surface area contributed by atoms with Gasteiger partial charge in [0.2, 0.25) is 0 Å². The lowest BCUT2D eigenvalue weighted by Crippen LogP contribution is -2.48. The second-order valence-corrected chi connectivity index (χ2v) is 10.6. The highest BCUT2D eigenvalue weighted by molar-refractivity contribution is 7.99. The van der Waals surface area contributed by atoms with Crippen LogP contribution in [0.4, 0.5) is 29.3 Å². The molecule has 2 heterocycles. The van der Waals surface area contributed by atoms with E-state index in [9.17, 15) is 18.0 Å². The Hall–Kier alpha value is -3.14. The molecule has 0 aliphatic carbocycles. The molecule has 1 saturated heterocycles. The molecule has 1 aromatic heterocycles. The zero-order valence-corrected chi connectivity index (χ0v) is 22.2. The highest BCUT2D eigenvalue weighted by Gasteiger charge is 2.31. The molecule has 2 N–H and O–H groups in total. The van der Waals surface area contributed by atoms with Crippen LogP contribution in [0.3, 0.4) is 0 Å². The first-order valence-electron chi connectivity index (χ1n) is 12.9. The third-order valence-corrected chi connectivity index (χ3v) is 7.91. The summed E-state index contributed by atoms with van der Waals surface area (Å²) in [7, 11) is 0. The van der Waals surface area contributed by atoms with Crippen molar-refractivity contribution >= 4 is 40.1 Å². The summed E-state index contributed by atoms with van der Waals surface area (Å²) in [5.41, 5.74) is 2.52. The number of unbranched alkanes of at least 4 members (excludes halogenated alkanes) is 3. The molecule has 4 rings (SSSR count). The first-order chi connectivity index (χ1) is 18.2. The Kier molecular flexibility index (Phi) is 9.25. The predicted molar refractivity (Wildman–Crippen MR) is 147 cm³/mol. The Morgan fingerprint density at radius 2 is 1.74 bits per heavy atom. The normalized spacial score (nSPS) is 14.2. The summed E-state index contributed by atoms with van der Waals surface area (Å²) in [5.74, 6) is 0.912. The van der Waals surface area contributed by atoms with E-state index < -0.39 is 17.8 Å². The van der Waals surface area contributed by atoms with E-state index in [2.05, 4.69) is 39.5 Å². The number of nitrogens with zero attached hydrogens (tertiary/aromatic N) is 3. The van der Waals surface area contributed by atoms with Crippen molar-refractivity contribution in [2.24, 2.45) is 0 Å². The van der Waals surface area contributed by atoms with E-state index in [1.54, 1.807) is 24.9 Å². The van der Waals surface area contributed by atoms with Gasteiger partial charge in [-0.25, -0.2) is 4.79 Å². The second-order valence-electron chi connectivity index (χ2n) is 9.49. The van der Waals surface area contributed by atoms with Gasteiger partial charge in [0.05, 0.1) is 11.1 Å². The summed E-state index contributed by atoms with van der Waals surface area (Å²) < 4.78 is 39.4. The molecule has 0 atom stereocenters. The summed E-state index contributed by atoms with van der Waals surface area (Å²) in [4.78, 5) is 19.9. The fourth-order valence-corrected chi connectivity index (χ4v) is 5.82. The SMILES string of the molecule is Cc1cc(C(F)(F)F)cc2nccc(SCCCCCCNc3ccc(N4CCN(C(=O)O)CC4)cc3)c12. The molecular formula is C28H33F3N4O2S. The number of rotatable bonds is 10. The van der Waals surface area contributed by atoms with Crippen LogP contribution in [0.15, 0.2) is 53.6 Å². The highest BCUT2D eigenvalue weighted by Crippen LogP contribution is 2.36. The van der Waals surface area contributed by atoms with E-state index in [-0.39, 0.29) is 0 Å². The van der Waals surface area contributed by atoms with Gasteiger partial charge in [-0.2, -0.15) is 13.2 Å². The van der Waals surface area contributed by atoms with Crippen LogP contribution in [0.25, 0.3) is 10.9 Å². The van der Waals surface area contributed by atoms with Crippen molar-refractivity contribution < 1.29 is 23.1 Å². The number of aromatic nitrogens is 1. The average molecular weight is 547 g/mol. The van der Waals surface area contributed by atoms with Crippen LogP contribution in [0.1, 0.15) is 36.8 Å². The fraction of sp³-hybridized carbons (Fsp3) is 0.429. The van der Waals surface area contributed by atoms with Crippen molar-refractivity contribution in [1.29, 1.82) is 0 Å². The third-order valence-electron chi connectivity index (χ3n) is 6.77. The van der Waals surface area contributed by atoms with E-state index in [1.165, 1.54) is 11.0 Å². The first kappa shape index (κ1) is 27.9. The Morgan fingerprint density at radius 3 is 2.42 bits per heavy atom. The van der Waals surface area contributed by atoms with Crippen molar-refractivity contribution in [1.82, 2.24) is 9.88 Å². The Morgan fingerprint density at radius 1 is 1.03 bits per heavy atom. The highest BCUT2D eigenvalue weighted by atomic mass is 32.2. The topological polar surface area (TPSA) is 68.7 Å². The number of carboxylic acid groups (broad SMARTS) is 1. The number of nitrogens with one attached hydrogen (secondary N) is 1. The molecule has 38 heavy (non-hydrogen) atoms. The monoisotopic (exact) mass is 546 g/mol. The number of alkyl halides is 3. The number of carbonyl (C=O) groups is 1. The van der Waals surface area contributed by atoms with E-state index in [0.29, 0.717) is 37.3 Å². The van der Waals surface area contributed by atoms with Gasteiger partial charge in [-0.3, -0.25) is 4.98 Å². The molecule has 1 aliphatic rings. The van der Waals surface area contributed by atoms with Gasteiger partial charge in [-0.1, -0.05) is 12.8 Å². The van der Waals surface area contributed by atoms with E-state index >= 15 is 0 Å². The lowest BCUT2D eigenvalue weighted by atomic mass is 10.1. The van der Waals surface area contributed by atoms with Crippen LogP contribution in [-0.2, 0) is 6.18 Å². The minimum atomic E-state index is -4.37. The molecule has 1 amide bonds. The van der Waals surface area contributed by atoms with E-state index in [0.717, 1.165) is 65.7 Å². The molecule has 10 heteroatoms. The van der Waals surface area contributed by atoms with Crippen LogP contribution in [0.5, 0.6) is 0 Å². The van der Waals surface area contributed by atoms with Crippen molar-refractivity contribution in [2.45, 2.75) is 43.7 Å². The molecule has 0 saturated carbocycles. The smallest absolute Gasteiger partial charge is 0.416 e. The Bertz CT molecular complexity index is 1230.